The lowest BCUT2D eigenvalue weighted by atomic mass is 9.99. The molecule has 0 saturated carbocycles. The predicted octanol–water partition coefficient (Wildman–Crippen LogP) is 4.24. The molecule has 0 aliphatic rings. The number of carbonyl (C=O) groups excluding carboxylic acids is 2. The third-order valence-electron chi connectivity index (χ3n) is 6.36. The summed E-state index contributed by atoms with van der Waals surface area (Å²) in [5.74, 6) is -0.0223. The topological polar surface area (TPSA) is 115 Å². The molecule has 3 aromatic rings. The SMILES string of the molecule is CCC/C(=C\c1ccc(OCOC)c(OCOC)c1)C(=O)N[C@@H](Cc1ccccc1)C(O)C(=O)NCc1ccccc1. The van der Waals surface area contributed by atoms with Crippen molar-refractivity contribution in [3.8, 4) is 11.5 Å². The fourth-order valence-corrected chi connectivity index (χ4v) is 4.26. The summed E-state index contributed by atoms with van der Waals surface area (Å²) in [6.45, 7) is 2.31. The van der Waals surface area contributed by atoms with E-state index in [4.69, 9.17) is 18.9 Å². The Morgan fingerprint density at radius 2 is 1.48 bits per heavy atom. The summed E-state index contributed by atoms with van der Waals surface area (Å²) in [5.41, 5.74) is 2.99. The summed E-state index contributed by atoms with van der Waals surface area (Å²) >= 11 is 0. The Balaban J connectivity index is 1.82. The summed E-state index contributed by atoms with van der Waals surface area (Å²) in [7, 11) is 3.04. The largest absolute Gasteiger partial charge is 0.464 e. The first-order valence-corrected chi connectivity index (χ1v) is 13.9. The molecule has 9 nitrogen and oxygen atoms in total. The Hall–Kier alpha value is -4.18. The standard InChI is InChI=1S/C33H40N2O7/c1-4-11-27(18-26-16-17-29(41-22-39-2)30(20-26)42-23-40-3)32(37)35-28(19-24-12-7-5-8-13-24)31(36)33(38)34-21-25-14-9-6-10-15-25/h5-10,12-18,20,28,31,36H,4,11,19,21-23H2,1-3H3,(H,34,38)(H,35,37)/b27-18+/t28-,31?/m0/s1. The average molecular weight is 577 g/mol. The van der Waals surface area contributed by atoms with Gasteiger partial charge in [-0.2, -0.15) is 0 Å². The predicted molar refractivity (Wildman–Crippen MR) is 161 cm³/mol. The molecule has 0 aliphatic heterocycles. The van der Waals surface area contributed by atoms with Crippen LogP contribution in [0.5, 0.6) is 11.5 Å². The minimum atomic E-state index is -1.47. The van der Waals surface area contributed by atoms with Gasteiger partial charge in [0.25, 0.3) is 5.91 Å². The van der Waals surface area contributed by atoms with E-state index in [1.54, 1.807) is 24.3 Å². The molecule has 224 valence electrons. The number of hydrogen-bond donors (Lipinski definition) is 3. The van der Waals surface area contributed by atoms with Gasteiger partial charge in [-0.15, -0.1) is 0 Å². The minimum Gasteiger partial charge on any atom is -0.464 e. The zero-order valence-electron chi connectivity index (χ0n) is 24.4. The minimum absolute atomic E-state index is 0.0181. The Bertz CT molecular complexity index is 1280. The number of aliphatic hydroxyl groups is 1. The van der Waals surface area contributed by atoms with Crippen molar-refractivity contribution in [1.82, 2.24) is 10.6 Å². The first-order valence-electron chi connectivity index (χ1n) is 13.9. The van der Waals surface area contributed by atoms with Gasteiger partial charge in [-0.25, -0.2) is 0 Å². The zero-order valence-corrected chi connectivity index (χ0v) is 24.4. The fraction of sp³-hybridized carbons (Fsp3) is 0.333. The van der Waals surface area contributed by atoms with Crippen LogP contribution in [0.1, 0.15) is 36.5 Å². The Kier molecular flexibility index (Phi) is 13.5. The van der Waals surface area contributed by atoms with Crippen LogP contribution in [-0.4, -0.2) is 56.9 Å². The van der Waals surface area contributed by atoms with Crippen LogP contribution in [0.25, 0.3) is 6.08 Å². The summed E-state index contributed by atoms with van der Waals surface area (Å²) in [6, 6.07) is 23.3. The lowest BCUT2D eigenvalue weighted by Gasteiger charge is -2.24. The number of rotatable bonds is 17. The third-order valence-corrected chi connectivity index (χ3v) is 6.36. The molecule has 42 heavy (non-hydrogen) atoms. The van der Waals surface area contributed by atoms with Gasteiger partial charge in [-0.3, -0.25) is 9.59 Å². The van der Waals surface area contributed by atoms with Crippen LogP contribution in [-0.2, 0) is 32.0 Å². The van der Waals surface area contributed by atoms with E-state index < -0.39 is 18.1 Å². The molecule has 0 radical (unpaired) electrons. The van der Waals surface area contributed by atoms with Gasteiger partial charge in [0, 0.05) is 26.3 Å². The number of benzene rings is 3. The average Bonchev–Trinajstić information content (AvgIpc) is 3.02. The zero-order chi connectivity index (χ0) is 30.2. The number of nitrogens with one attached hydrogen (secondary N) is 2. The first kappa shape index (κ1) is 32.3. The third kappa shape index (κ3) is 10.3. The maximum Gasteiger partial charge on any atom is 0.251 e. The Morgan fingerprint density at radius 3 is 2.10 bits per heavy atom. The van der Waals surface area contributed by atoms with Crippen molar-refractivity contribution in [2.24, 2.45) is 0 Å². The van der Waals surface area contributed by atoms with Gasteiger partial charge < -0.3 is 34.7 Å². The van der Waals surface area contributed by atoms with Crippen LogP contribution in [0.2, 0.25) is 0 Å². The number of hydrogen-bond acceptors (Lipinski definition) is 7. The molecule has 0 spiro atoms. The molecule has 0 fully saturated rings. The monoisotopic (exact) mass is 576 g/mol. The molecule has 3 rings (SSSR count). The molecule has 0 aromatic heterocycles. The maximum atomic E-state index is 13.6. The van der Waals surface area contributed by atoms with Crippen LogP contribution in [0, 0.1) is 0 Å². The quantitative estimate of drug-likeness (QED) is 0.163. The van der Waals surface area contributed by atoms with E-state index in [-0.39, 0.29) is 32.5 Å². The van der Waals surface area contributed by atoms with Crippen molar-refractivity contribution in [2.45, 2.75) is 44.9 Å². The number of amides is 2. The van der Waals surface area contributed by atoms with Crippen LogP contribution in [0.4, 0.5) is 0 Å². The molecule has 0 bridgehead atoms. The van der Waals surface area contributed by atoms with Crippen molar-refractivity contribution in [3.63, 3.8) is 0 Å². The van der Waals surface area contributed by atoms with Gasteiger partial charge in [-0.05, 0) is 47.7 Å². The molecule has 3 N–H and O–H groups in total. The van der Waals surface area contributed by atoms with Crippen LogP contribution < -0.4 is 20.1 Å². The lowest BCUT2D eigenvalue weighted by molar-refractivity contribution is -0.131. The summed E-state index contributed by atoms with van der Waals surface area (Å²) in [6.07, 6.45) is 1.76. The molecule has 0 aliphatic carbocycles. The van der Waals surface area contributed by atoms with E-state index >= 15 is 0 Å². The van der Waals surface area contributed by atoms with E-state index in [0.717, 1.165) is 11.1 Å². The Labute approximate surface area is 247 Å². The molecule has 3 aromatic carbocycles. The van der Waals surface area contributed by atoms with E-state index in [0.29, 0.717) is 35.5 Å². The van der Waals surface area contributed by atoms with Crippen LogP contribution in [0.3, 0.4) is 0 Å². The first-order chi connectivity index (χ1) is 20.4. The van der Waals surface area contributed by atoms with E-state index in [1.165, 1.54) is 14.2 Å². The molecular weight excluding hydrogens is 536 g/mol. The highest BCUT2D eigenvalue weighted by Crippen LogP contribution is 2.30. The maximum absolute atomic E-state index is 13.6. The number of aliphatic hydroxyl groups excluding tert-OH is 1. The van der Waals surface area contributed by atoms with Gasteiger partial charge in [0.15, 0.2) is 31.2 Å². The van der Waals surface area contributed by atoms with E-state index in [2.05, 4.69) is 10.6 Å². The summed E-state index contributed by atoms with van der Waals surface area (Å²) < 4.78 is 21.3. The molecular formula is C33H40N2O7. The van der Waals surface area contributed by atoms with Gasteiger partial charge in [0.05, 0.1) is 6.04 Å². The summed E-state index contributed by atoms with van der Waals surface area (Å²) in [5, 5.41) is 16.8. The van der Waals surface area contributed by atoms with Crippen molar-refractivity contribution in [1.29, 1.82) is 0 Å². The highest BCUT2D eigenvalue weighted by molar-refractivity contribution is 5.98. The molecule has 1 unspecified atom stereocenters. The molecule has 2 amide bonds. The molecule has 2 atom stereocenters. The van der Waals surface area contributed by atoms with Crippen molar-refractivity contribution in [2.75, 3.05) is 27.8 Å². The van der Waals surface area contributed by atoms with Gasteiger partial charge in [0.2, 0.25) is 5.91 Å². The highest BCUT2D eigenvalue weighted by Gasteiger charge is 2.28. The second kappa shape index (κ2) is 17.6. The fourth-order valence-electron chi connectivity index (χ4n) is 4.26. The van der Waals surface area contributed by atoms with Gasteiger partial charge in [-0.1, -0.05) is 80.1 Å². The van der Waals surface area contributed by atoms with Crippen molar-refractivity contribution in [3.05, 3.63) is 101 Å². The van der Waals surface area contributed by atoms with Gasteiger partial charge in [0.1, 0.15) is 0 Å². The van der Waals surface area contributed by atoms with E-state index in [1.807, 2.05) is 67.6 Å². The molecule has 0 heterocycles. The normalized spacial score (nSPS) is 12.7. The van der Waals surface area contributed by atoms with Gasteiger partial charge >= 0.3 is 0 Å². The molecule has 0 saturated heterocycles. The van der Waals surface area contributed by atoms with E-state index in [9.17, 15) is 14.7 Å². The summed E-state index contributed by atoms with van der Waals surface area (Å²) in [4.78, 5) is 26.6. The van der Waals surface area contributed by atoms with Crippen LogP contribution >= 0.6 is 0 Å². The lowest BCUT2D eigenvalue weighted by Crippen LogP contribution is -2.51. The van der Waals surface area contributed by atoms with Crippen molar-refractivity contribution < 1.29 is 33.6 Å². The number of ether oxygens (including phenoxy) is 4. The highest BCUT2D eigenvalue weighted by atomic mass is 16.7. The van der Waals surface area contributed by atoms with Crippen LogP contribution in [0.15, 0.2) is 84.4 Å². The Morgan fingerprint density at radius 1 is 0.857 bits per heavy atom. The second-order valence-corrected chi connectivity index (χ2v) is 9.65. The number of carbonyl (C=O) groups is 2. The number of methoxy groups -OCH3 is 2. The molecule has 9 heteroatoms. The van der Waals surface area contributed by atoms with Crippen molar-refractivity contribution >= 4 is 17.9 Å². The smallest absolute Gasteiger partial charge is 0.251 e. The second-order valence-electron chi connectivity index (χ2n) is 9.65.